The predicted molar refractivity (Wildman–Crippen MR) is 41.6 cm³/mol. The first kappa shape index (κ1) is 10.1. The molecule has 8 heteroatoms. The van der Waals surface area contributed by atoms with Gasteiger partial charge in [-0.1, -0.05) is 0 Å². The quantitative estimate of drug-likeness (QED) is 0.530. The molecule has 0 radical (unpaired) electrons. The van der Waals surface area contributed by atoms with Gasteiger partial charge in [0.15, 0.2) is 6.19 Å². The van der Waals surface area contributed by atoms with Gasteiger partial charge in [-0.25, -0.2) is 9.52 Å². The van der Waals surface area contributed by atoms with Crippen LogP contribution < -0.4 is 4.72 Å². The first-order valence-corrected chi connectivity index (χ1v) is 4.70. The first-order chi connectivity index (χ1) is 6.47. The van der Waals surface area contributed by atoms with Gasteiger partial charge in [0.25, 0.3) is 0 Å². The van der Waals surface area contributed by atoms with Crippen LogP contribution in [-0.4, -0.2) is 19.5 Å². The number of carboxylic acid groups (broad SMARTS) is 1. The van der Waals surface area contributed by atoms with Crippen molar-refractivity contribution in [2.75, 3.05) is 0 Å². The largest absolute Gasteiger partial charge is 0.475 e. The van der Waals surface area contributed by atoms with Gasteiger partial charge in [-0.3, -0.25) is 0 Å². The molecule has 0 fully saturated rings. The Bertz CT molecular complexity index is 495. The van der Waals surface area contributed by atoms with E-state index in [0.717, 1.165) is 12.1 Å². The van der Waals surface area contributed by atoms with Crippen LogP contribution in [0.5, 0.6) is 0 Å². The van der Waals surface area contributed by atoms with Crippen molar-refractivity contribution in [3.8, 4) is 6.19 Å². The smallest absolute Gasteiger partial charge is 0.371 e. The number of nitriles is 1. The summed E-state index contributed by atoms with van der Waals surface area (Å²) in [7, 11) is -4.06. The summed E-state index contributed by atoms with van der Waals surface area (Å²) in [6, 6.07) is 1.93. The summed E-state index contributed by atoms with van der Waals surface area (Å²) in [6.45, 7) is 0. The van der Waals surface area contributed by atoms with E-state index in [1.165, 1.54) is 10.9 Å². The van der Waals surface area contributed by atoms with E-state index in [0.29, 0.717) is 0 Å². The minimum absolute atomic E-state index is 0.511. The van der Waals surface area contributed by atoms with Crippen molar-refractivity contribution in [2.24, 2.45) is 0 Å². The zero-order valence-corrected chi connectivity index (χ0v) is 7.41. The summed E-state index contributed by atoms with van der Waals surface area (Å²) in [5.41, 5.74) is 0. The Balaban J connectivity index is 3.11. The SMILES string of the molecule is N#CNS(=O)(=O)c1ccc(C(=O)O)o1. The highest BCUT2D eigenvalue weighted by atomic mass is 32.2. The summed E-state index contributed by atoms with van der Waals surface area (Å²) in [5, 5.41) is 15.9. The molecule has 0 aliphatic rings. The van der Waals surface area contributed by atoms with Gasteiger partial charge in [0.1, 0.15) is 0 Å². The third-order valence-electron chi connectivity index (χ3n) is 1.24. The number of nitrogens with zero attached hydrogens (tertiary/aromatic N) is 1. The lowest BCUT2D eigenvalue weighted by molar-refractivity contribution is 0.0656. The van der Waals surface area contributed by atoms with E-state index in [-0.39, 0.29) is 0 Å². The van der Waals surface area contributed by atoms with Crippen LogP contribution in [0.1, 0.15) is 10.6 Å². The molecule has 1 rings (SSSR count). The van der Waals surface area contributed by atoms with E-state index < -0.39 is 26.8 Å². The topological polar surface area (TPSA) is 120 Å². The van der Waals surface area contributed by atoms with Crippen LogP contribution in [0.25, 0.3) is 0 Å². The Morgan fingerprint density at radius 3 is 2.64 bits per heavy atom. The summed E-state index contributed by atoms with van der Waals surface area (Å²) >= 11 is 0. The van der Waals surface area contributed by atoms with Gasteiger partial charge in [-0.05, 0) is 12.1 Å². The van der Waals surface area contributed by atoms with Crippen LogP contribution in [0.2, 0.25) is 0 Å². The van der Waals surface area contributed by atoms with Crippen molar-refractivity contribution in [1.29, 1.82) is 5.26 Å². The van der Waals surface area contributed by atoms with Gasteiger partial charge < -0.3 is 9.52 Å². The molecule has 0 aromatic carbocycles. The van der Waals surface area contributed by atoms with Crippen LogP contribution >= 0.6 is 0 Å². The first-order valence-electron chi connectivity index (χ1n) is 3.21. The standard InChI is InChI=1S/C6H4N2O5S/c7-3-8-14(11,12)5-2-1-4(13-5)6(9)10/h1-2,8H,(H,9,10). The second kappa shape index (κ2) is 3.39. The monoisotopic (exact) mass is 216 g/mol. The molecule has 14 heavy (non-hydrogen) atoms. The van der Waals surface area contributed by atoms with Gasteiger partial charge in [0.05, 0.1) is 0 Å². The Morgan fingerprint density at radius 2 is 2.21 bits per heavy atom. The molecule has 0 bridgehead atoms. The molecule has 0 amide bonds. The van der Waals surface area contributed by atoms with Crippen LogP contribution in [0.4, 0.5) is 0 Å². The summed E-state index contributed by atoms with van der Waals surface area (Å²) in [5.74, 6) is -1.90. The van der Waals surface area contributed by atoms with E-state index in [1.807, 2.05) is 0 Å². The third kappa shape index (κ3) is 1.83. The lowest BCUT2D eigenvalue weighted by atomic mass is 10.5. The van der Waals surface area contributed by atoms with Crippen molar-refractivity contribution < 1.29 is 22.7 Å². The van der Waals surface area contributed by atoms with Crippen molar-refractivity contribution in [3.05, 3.63) is 17.9 Å². The van der Waals surface area contributed by atoms with Crippen LogP contribution in [0.3, 0.4) is 0 Å². The maximum absolute atomic E-state index is 11.0. The van der Waals surface area contributed by atoms with E-state index in [1.54, 1.807) is 0 Å². The second-order valence-electron chi connectivity index (χ2n) is 2.14. The van der Waals surface area contributed by atoms with Crippen LogP contribution in [0, 0.1) is 11.5 Å². The molecule has 0 spiro atoms. The highest BCUT2D eigenvalue weighted by Gasteiger charge is 2.20. The molecular formula is C6H4N2O5S. The summed E-state index contributed by atoms with van der Waals surface area (Å²) in [4.78, 5) is 10.3. The molecule has 0 aliphatic carbocycles. The predicted octanol–water partition coefficient (Wildman–Crippen LogP) is -0.263. The van der Waals surface area contributed by atoms with Crippen LogP contribution in [-0.2, 0) is 10.0 Å². The Labute approximate surface area is 78.6 Å². The number of sulfonamides is 1. The molecular weight excluding hydrogens is 212 g/mol. The highest BCUT2D eigenvalue weighted by Crippen LogP contribution is 2.13. The Kier molecular flexibility index (Phi) is 2.44. The van der Waals surface area contributed by atoms with E-state index >= 15 is 0 Å². The lowest BCUT2D eigenvalue weighted by Crippen LogP contribution is -2.17. The number of hydrogen-bond donors (Lipinski definition) is 2. The lowest BCUT2D eigenvalue weighted by Gasteiger charge is -1.94. The molecule has 0 atom stereocenters. The summed E-state index contributed by atoms with van der Waals surface area (Å²) < 4.78 is 28.0. The zero-order valence-electron chi connectivity index (χ0n) is 6.59. The summed E-state index contributed by atoms with van der Waals surface area (Å²) in [6.07, 6.45) is 1.20. The average molecular weight is 216 g/mol. The van der Waals surface area contributed by atoms with Gasteiger partial charge in [0.2, 0.25) is 10.9 Å². The Morgan fingerprint density at radius 1 is 1.57 bits per heavy atom. The number of aromatic carboxylic acids is 1. The molecule has 0 saturated carbocycles. The van der Waals surface area contributed by atoms with Crippen molar-refractivity contribution in [1.82, 2.24) is 4.72 Å². The van der Waals surface area contributed by atoms with Gasteiger partial charge in [0, 0.05) is 0 Å². The molecule has 1 aromatic heterocycles. The van der Waals surface area contributed by atoms with Crippen LogP contribution in [0.15, 0.2) is 21.6 Å². The number of carboxylic acids is 1. The van der Waals surface area contributed by atoms with Gasteiger partial charge >= 0.3 is 16.0 Å². The van der Waals surface area contributed by atoms with Gasteiger partial charge in [-0.2, -0.15) is 13.7 Å². The number of nitrogens with one attached hydrogen (secondary N) is 1. The normalized spacial score (nSPS) is 10.5. The molecule has 0 saturated heterocycles. The number of furan rings is 1. The third-order valence-corrected chi connectivity index (χ3v) is 2.35. The minimum Gasteiger partial charge on any atom is -0.475 e. The molecule has 7 nitrogen and oxygen atoms in total. The van der Waals surface area contributed by atoms with E-state index in [9.17, 15) is 13.2 Å². The van der Waals surface area contributed by atoms with Crippen molar-refractivity contribution in [2.45, 2.75) is 5.09 Å². The van der Waals surface area contributed by atoms with E-state index in [2.05, 4.69) is 4.42 Å². The molecule has 2 N–H and O–H groups in total. The maximum atomic E-state index is 11.0. The fourth-order valence-electron chi connectivity index (χ4n) is 0.690. The van der Waals surface area contributed by atoms with Gasteiger partial charge in [-0.15, -0.1) is 0 Å². The van der Waals surface area contributed by atoms with Crippen molar-refractivity contribution >= 4 is 16.0 Å². The second-order valence-corrected chi connectivity index (χ2v) is 3.75. The van der Waals surface area contributed by atoms with Crippen molar-refractivity contribution in [3.63, 3.8) is 0 Å². The average Bonchev–Trinajstić information content (AvgIpc) is 2.51. The fraction of sp³-hybridized carbons (Fsp3) is 0. The number of carbonyl (C=O) groups is 1. The highest BCUT2D eigenvalue weighted by molar-refractivity contribution is 7.89. The molecule has 1 heterocycles. The Hall–Kier alpha value is -2.01. The maximum Gasteiger partial charge on any atom is 0.371 e. The molecule has 1 aromatic rings. The molecule has 74 valence electrons. The zero-order chi connectivity index (χ0) is 10.8. The molecule has 0 aliphatic heterocycles. The number of rotatable bonds is 3. The molecule has 0 unspecified atom stereocenters. The number of hydrogen-bond acceptors (Lipinski definition) is 5. The minimum atomic E-state index is -4.06. The van der Waals surface area contributed by atoms with E-state index in [4.69, 9.17) is 10.4 Å². The fourth-order valence-corrected chi connectivity index (χ4v) is 1.36.